The highest BCUT2D eigenvalue weighted by molar-refractivity contribution is 7.89. The van der Waals surface area contributed by atoms with Gasteiger partial charge in [-0.25, -0.2) is 13.4 Å². The highest BCUT2D eigenvalue weighted by Gasteiger charge is 2.31. The first-order chi connectivity index (χ1) is 11.0. The van der Waals surface area contributed by atoms with Crippen molar-refractivity contribution >= 4 is 33.2 Å². The smallest absolute Gasteiger partial charge is 0.244 e. The molecule has 3 rings (SSSR count). The summed E-state index contributed by atoms with van der Waals surface area (Å²) in [6.07, 6.45) is 0.945. The lowest BCUT2D eigenvalue weighted by Gasteiger charge is -2.32. The standard InChI is InChI=1S/C15H14Cl2N2O3S/c16-12-3-1-11(2-4-12)14-10-19(7-8-22-14)23(20,21)13-5-6-15(17)18-9-13/h1-6,9,14H,7-8,10H2. The van der Waals surface area contributed by atoms with Crippen molar-refractivity contribution in [3.63, 3.8) is 0 Å². The van der Waals surface area contributed by atoms with Gasteiger partial charge in [0.2, 0.25) is 10.0 Å². The number of pyridine rings is 1. The Morgan fingerprint density at radius 3 is 2.52 bits per heavy atom. The van der Waals surface area contributed by atoms with E-state index in [1.54, 1.807) is 12.1 Å². The van der Waals surface area contributed by atoms with E-state index in [0.29, 0.717) is 18.2 Å². The third kappa shape index (κ3) is 3.67. The van der Waals surface area contributed by atoms with Gasteiger partial charge in [-0.3, -0.25) is 0 Å². The average molecular weight is 373 g/mol. The summed E-state index contributed by atoms with van der Waals surface area (Å²) in [4.78, 5) is 3.96. The maximum Gasteiger partial charge on any atom is 0.244 e. The number of nitrogens with zero attached hydrogens (tertiary/aromatic N) is 2. The van der Waals surface area contributed by atoms with Crippen LogP contribution in [0.25, 0.3) is 0 Å². The van der Waals surface area contributed by atoms with Gasteiger partial charge in [0.1, 0.15) is 10.0 Å². The molecule has 1 aliphatic rings. The molecular formula is C15H14Cl2N2O3S. The summed E-state index contributed by atoms with van der Waals surface area (Å²) in [6.45, 7) is 0.870. The lowest BCUT2D eigenvalue weighted by Crippen LogP contribution is -2.42. The van der Waals surface area contributed by atoms with Gasteiger partial charge >= 0.3 is 0 Å². The SMILES string of the molecule is O=S(=O)(c1ccc(Cl)nc1)N1CCOC(c2ccc(Cl)cc2)C1. The van der Waals surface area contributed by atoms with Gasteiger partial charge in [0.15, 0.2) is 0 Å². The normalized spacial score (nSPS) is 19.7. The van der Waals surface area contributed by atoms with E-state index in [0.717, 1.165) is 5.56 Å². The molecule has 0 spiro atoms. The number of rotatable bonds is 3. The molecule has 0 saturated carbocycles. The molecule has 2 heterocycles. The molecule has 1 saturated heterocycles. The molecular weight excluding hydrogens is 359 g/mol. The first kappa shape index (κ1) is 16.7. The molecule has 0 aliphatic carbocycles. The Labute approximate surface area is 144 Å². The summed E-state index contributed by atoms with van der Waals surface area (Å²) in [5.41, 5.74) is 0.892. The molecule has 1 aliphatic heterocycles. The van der Waals surface area contributed by atoms with E-state index in [-0.39, 0.29) is 22.7 Å². The van der Waals surface area contributed by atoms with Crippen molar-refractivity contribution in [1.82, 2.24) is 9.29 Å². The fraction of sp³-hybridized carbons (Fsp3) is 0.267. The second-order valence-corrected chi connectivity index (χ2v) is 7.85. The van der Waals surface area contributed by atoms with E-state index in [4.69, 9.17) is 27.9 Å². The van der Waals surface area contributed by atoms with Crippen LogP contribution < -0.4 is 0 Å². The number of sulfonamides is 1. The van der Waals surface area contributed by atoms with Crippen molar-refractivity contribution in [3.8, 4) is 0 Å². The van der Waals surface area contributed by atoms with Crippen molar-refractivity contribution in [2.75, 3.05) is 19.7 Å². The zero-order chi connectivity index (χ0) is 16.4. The van der Waals surface area contributed by atoms with Crippen LogP contribution in [0.3, 0.4) is 0 Å². The third-order valence-electron chi connectivity index (χ3n) is 3.61. The Hall–Kier alpha value is -1.18. The van der Waals surface area contributed by atoms with E-state index < -0.39 is 10.0 Å². The third-order valence-corrected chi connectivity index (χ3v) is 5.93. The monoisotopic (exact) mass is 372 g/mol. The molecule has 5 nitrogen and oxygen atoms in total. The summed E-state index contributed by atoms with van der Waals surface area (Å²) >= 11 is 11.6. The summed E-state index contributed by atoms with van der Waals surface area (Å²) in [7, 11) is -3.62. The maximum absolute atomic E-state index is 12.7. The predicted octanol–water partition coefficient (Wildman–Crippen LogP) is 3.15. The fourth-order valence-electron chi connectivity index (χ4n) is 2.39. The van der Waals surface area contributed by atoms with Gasteiger partial charge < -0.3 is 4.74 Å². The first-order valence-corrected chi connectivity index (χ1v) is 9.15. The lowest BCUT2D eigenvalue weighted by molar-refractivity contribution is -0.00255. The Bertz CT molecular complexity index is 779. The quantitative estimate of drug-likeness (QED) is 0.776. The number of aromatic nitrogens is 1. The van der Waals surface area contributed by atoms with Gasteiger partial charge in [0, 0.05) is 24.3 Å². The lowest BCUT2D eigenvalue weighted by atomic mass is 10.1. The van der Waals surface area contributed by atoms with Gasteiger partial charge in [-0.05, 0) is 29.8 Å². The van der Waals surface area contributed by atoms with Crippen molar-refractivity contribution in [1.29, 1.82) is 0 Å². The maximum atomic E-state index is 12.7. The molecule has 0 radical (unpaired) electrons. The minimum absolute atomic E-state index is 0.124. The number of hydrogen-bond acceptors (Lipinski definition) is 4. The average Bonchev–Trinajstić information content (AvgIpc) is 2.56. The molecule has 1 fully saturated rings. The minimum atomic E-state index is -3.62. The molecule has 0 N–H and O–H groups in total. The molecule has 2 aromatic rings. The van der Waals surface area contributed by atoms with E-state index in [9.17, 15) is 8.42 Å². The van der Waals surface area contributed by atoms with E-state index >= 15 is 0 Å². The van der Waals surface area contributed by atoms with Crippen LogP contribution in [0.4, 0.5) is 0 Å². The van der Waals surface area contributed by atoms with Gasteiger partial charge in [0.05, 0.1) is 12.7 Å². The van der Waals surface area contributed by atoms with E-state index in [1.807, 2.05) is 12.1 Å². The second kappa shape index (κ2) is 6.75. The van der Waals surface area contributed by atoms with Crippen LogP contribution >= 0.6 is 23.2 Å². The van der Waals surface area contributed by atoms with Crippen molar-refractivity contribution in [2.24, 2.45) is 0 Å². The summed E-state index contributed by atoms with van der Waals surface area (Å²) < 4.78 is 32.5. The Morgan fingerprint density at radius 1 is 1.13 bits per heavy atom. The predicted molar refractivity (Wildman–Crippen MR) is 88.2 cm³/mol. The second-order valence-electron chi connectivity index (χ2n) is 5.09. The number of halogens is 2. The van der Waals surface area contributed by atoms with Crippen molar-refractivity contribution < 1.29 is 13.2 Å². The van der Waals surface area contributed by atoms with E-state index in [1.165, 1.54) is 22.6 Å². The van der Waals surface area contributed by atoms with Gasteiger partial charge in [-0.15, -0.1) is 0 Å². The van der Waals surface area contributed by atoms with Gasteiger partial charge in [0.25, 0.3) is 0 Å². The van der Waals surface area contributed by atoms with Crippen LogP contribution in [0.15, 0.2) is 47.5 Å². The molecule has 122 valence electrons. The van der Waals surface area contributed by atoms with Crippen LogP contribution in [0, 0.1) is 0 Å². The topological polar surface area (TPSA) is 59.5 Å². The van der Waals surface area contributed by atoms with Crippen LogP contribution in [0.1, 0.15) is 11.7 Å². The summed E-state index contributed by atoms with van der Waals surface area (Å²) in [5, 5.41) is 0.881. The molecule has 1 aromatic heterocycles. The Kier molecular flexibility index (Phi) is 4.89. The molecule has 1 aromatic carbocycles. The highest BCUT2D eigenvalue weighted by atomic mass is 35.5. The highest BCUT2D eigenvalue weighted by Crippen LogP contribution is 2.27. The van der Waals surface area contributed by atoms with Crippen LogP contribution in [-0.2, 0) is 14.8 Å². The molecule has 0 bridgehead atoms. The van der Waals surface area contributed by atoms with Gasteiger partial charge in [-0.2, -0.15) is 4.31 Å². The molecule has 1 unspecified atom stereocenters. The number of hydrogen-bond donors (Lipinski definition) is 0. The van der Waals surface area contributed by atoms with Crippen LogP contribution in [0.2, 0.25) is 10.2 Å². The van der Waals surface area contributed by atoms with Crippen LogP contribution in [0.5, 0.6) is 0 Å². The fourth-order valence-corrected chi connectivity index (χ4v) is 4.00. The van der Waals surface area contributed by atoms with Crippen molar-refractivity contribution in [2.45, 2.75) is 11.0 Å². The molecule has 0 amide bonds. The van der Waals surface area contributed by atoms with Crippen LogP contribution in [-0.4, -0.2) is 37.4 Å². The molecule has 23 heavy (non-hydrogen) atoms. The first-order valence-electron chi connectivity index (χ1n) is 6.95. The zero-order valence-electron chi connectivity index (χ0n) is 12.0. The largest absolute Gasteiger partial charge is 0.371 e. The minimum Gasteiger partial charge on any atom is -0.371 e. The Balaban J connectivity index is 1.82. The zero-order valence-corrected chi connectivity index (χ0v) is 14.4. The van der Waals surface area contributed by atoms with Gasteiger partial charge in [-0.1, -0.05) is 35.3 Å². The number of ether oxygens (including phenoxy) is 1. The summed E-state index contributed by atoms with van der Waals surface area (Å²) in [6, 6.07) is 10.1. The van der Waals surface area contributed by atoms with Crippen molar-refractivity contribution in [3.05, 3.63) is 58.3 Å². The molecule has 1 atom stereocenters. The number of morpholine rings is 1. The Morgan fingerprint density at radius 2 is 1.87 bits per heavy atom. The van der Waals surface area contributed by atoms with E-state index in [2.05, 4.69) is 4.98 Å². The number of benzene rings is 1. The molecule has 8 heteroatoms. The summed E-state index contributed by atoms with van der Waals surface area (Å²) in [5.74, 6) is 0.